The van der Waals surface area contributed by atoms with E-state index in [1.807, 2.05) is 18.2 Å². The fourth-order valence-corrected chi connectivity index (χ4v) is 1.45. The van der Waals surface area contributed by atoms with Gasteiger partial charge in [0.25, 0.3) is 0 Å². The molecule has 1 heteroatoms. The van der Waals surface area contributed by atoms with Crippen molar-refractivity contribution in [3.8, 4) is 0 Å². The number of benzene rings is 1. The summed E-state index contributed by atoms with van der Waals surface area (Å²) in [6.07, 6.45) is 3.37. The molecule has 1 atom stereocenters. The monoisotopic (exact) mass is 159 g/mol. The second-order valence-electron chi connectivity index (χ2n) is 3.42. The summed E-state index contributed by atoms with van der Waals surface area (Å²) in [6.45, 7) is 2.17. The van der Waals surface area contributed by atoms with Crippen LogP contribution in [0.5, 0.6) is 0 Å². The molecule has 0 heterocycles. The first-order valence-corrected chi connectivity index (χ1v) is 4.29. The second kappa shape index (κ2) is 2.67. The second-order valence-corrected chi connectivity index (χ2v) is 3.42. The minimum atomic E-state index is 0.690. The van der Waals surface area contributed by atoms with Crippen molar-refractivity contribution in [1.29, 1.82) is 0 Å². The first-order valence-electron chi connectivity index (χ1n) is 4.29. The van der Waals surface area contributed by atoms with Gasteiger partial charge in [0.15, 0.2) is 0 Å². The van der Waals surface area contributed by atoms with Crippen LogP contribution in [0.15, 0.2) is 35.9 Å². The average molecular weight is 159 g/mol. The molecule has 12 heavy (non-hydrogen) atoms. The molecule has 1 aliphatic rings. The third-order valence-electron chi connectivity index (χ3n) is 2.43. The molecular formula is C11H13N. The van der Waals surface area contributed by atoms with Gasteiger partial charge in [-0.25, -0.2) is 0 Å². The van der Waals surface area contributed by atoms with E-state index >= 15 is 0 Å². The van der Waals surface area contributed by atoms with Gasteiger partial charge in [0.1, 0.15) is 0 Å². The summed E-state index contributed by atoms with van der Waals surface area (Å²) in [5.41, 5.74) is 9.51. The summed E-state index contributed by atoms with van der Waals surface area (Å²) in [6, 6.07) is 8.09. The Morgan fingerprint density at radius 3 is 2.58 bits per heavy atom. The molecule has 0 bridgehead atoms. The highest BCUT2D eigenvalue weighted by Gasteiger charge is 2.20. The van der Waals surface area contributed by atoms with Crippen molar-refractivity contribution < 1.29 is 0 Å². The van der Waals surface area contributed by atoms with Gasteiger partial charge in [-0.1, -0.05) is 29.8 Å². The van der Waals surface area contributed by atoms with E-state index in [9.17, 15) is 0 Å². The Hall–Kier alpha value is -1.24. The Bertz CT molecular complexity index is 326. The van der Waals surface area contributed by atoms with Gasteiger partial charge in [0, 0.05) is 11.6 Å². The summed E-state index contributed by atoms with van der Waals surface area (Å²) >= 11 is 0. The Labute approximate surface area is 72.9 Å². The average Bonchev–Trinajstić information content (AvgIpc) is 2.72. The molecule has 1 aliphatic carbocycles. The molecule has 2 N–H and O–H groups in total. The summed E-state index contributed by atoms with van der Waals surface area (Å²) in [4.78, 5) is 0. The molecule has 0 saturated heterocycles. The normalized spacial score (nSPS) is 20.4. The maximum atomic E-state index is 5.82. The molecule has 0 radical (unpaired) electrons. The van der Waals surface area contributed by atoms with E-state index in [1.54, 1.807) is 0 Å². The van der Waals surface area contributed by atoms with Crippen molar-refractivity contribution in [2.24, 2.45) is 5.92 Å². The molecule has 0 saturated carbocycles. The number of hydrogen-bond donors (Lipinski definition) is 1. The summed E-state index contributed by atoms with van der Waals surface area (Å²) in [5, 5.41) is 0. The Morgan fingerprint density at radius 2 is 2.00 bits per heavy atom. The molecular weight excluding hydrogens is 146 g/mol. The largest absolute Gasteiger partial charge is 0.399 e. The molecule has 0 spiro atoms. The zero-order valence-electron chi connectivity index (χ0n) is 7.25. The van der Waals surface area contributed by atoms with Crippen LogP contribution in [0, 0.1) is 5.92 Å². The van der Waals surface area contributed by atoms with Gasteiger partial charge >= 0.3 is 0 Å². The number of rotatable bonds is 2. The van der Waals surface area contributed by atoms with Crippen LogP contribution >= 0.6 is 0 Å². The van der Waals surface area contributed by atoms with Crippen molar-refractivity contribution >= 4 is 5.69 Å². The number of nitrogens with two attached hydrogens (primary N) is 1. The van der Waals surface area contributed by atoms with E-state index in [4.69, 9.17) is 5.73 Å². The summed E-state index contributed by atoms with van der Waals surface area (Å²) in [7, 11) is 0. The van der Waals surface area contributed by atoms with Crippen molar-refractivity contribution in [1.82, 2.24) is 0 Å². The first-order chi connectivity index (χ1) is 5.77. The van der Waals surface area contributed by atoms with E-state index < -0.39 is 0 Å². The molecule has 2 rings (SSSR count). The molecule has 1 aromatic rings. The van der Waals surface area contributed by atoms with E-state index in [0.29, 0.717) is 5.92 Å². The molecule has 62 valence electrons. The maximum absolute atomic E-state index is 5.82. The van der Waals surface area contributed by atoms with Crippen LogP contribution in [0.2, 0.25) is 0 Å². The number of nitrogen functional groups attached to an aromatic ring is 1. The molecule has 0 amide bonds. The zero-order chi connectivity index (χ0) is 8.55. The molecule has 0 fully saturated rings. The lowest BCUT2D eigenvalue weighted by Crippen LogP contribution is -1.95. The Kier molecular flexibility index (Phi) is 1.65. The van der Waals surface area contributed by atoms with E-state index in [-0.39, 0.29) is 0 Å². The van der Waals surface area contributed by atoms with Gasteiger partial charge in [-0.3, -0.25) is 0 Å². The minimum Gasteiger partial charge on any atom is -0.399 e. The molecule has 0 aromatic heterocycles. The quantitative estimate of drug-likeness (QED) is 0.520. The lowest BCUT2D eigenvalue weighted by molar-refractivity contribution is 0.874. The third-order valence-corrected chi connectivity index (χ3v) is 2.43. The van der Waals surface area contributed by atoms with Crippen LogP contribution in [0.25, 0.3) is 0 Å². The van der Waals surface area contributed by atoms with Gasteiger partial charge in [-0.2, -0.15) is 0 Å². The maximum Gasteiger partial charge on any atom is 0.0346 e. The smallest absolute Gasteiger partial charge is 0.0346 e. The first kappa shape index (κ1) is 7.41. The number of para-hydroxylation sites is 1. The van der Waals surface area contributed by atoms with Crippen LogP contribution in [0.1, 0.15) is 12.5 Å². The topological polar surface area (TPSA) is 26.0 Å². The third kappa shape index (κ3) is 1.35. The van der Waals surface area contributed by atoms with Crippen LogP contribution in [0.4, 0.5) is 5.69 Å². The van der Waals surface area contributed by atoms with E-state index in [2.05, 4.69) is 19.1 Å². The van der Waals surface area contributed by atoms with Crippen molar-refractivity contribution in [2.75, 3.05) is 5.73 Å². The molecule has 1 aromatic carbocycles. The van der Waals surface area contributed by atoms with Crippen molar-refractivity contribution in [2.45, 2.75) is 13.3 Å². The number of anilines is 1. The number of hydrogen-bond acceptors (Lipinski definition) is 1. The van der Waals surface area contributed by atoms with Crippen LogP contribution in [-0.2, 0) is 6.42 Å². The number of allylic oxidation sites excluding steroid dienone is 2. The fraction of sp³-hybridized carbons (Fsp3) is 0.273. The summed E-state index contributed by atoms with van der Waals surface area (Å²) < 4.78 is 0. The Morgan fingerprint density at radius 1 is 1.33 bits per heavy atom. The van der Waals surface area contributed by atoms with Gasteiger partial charge in [0.2, 0.25) is 0 Å². The highest BCUT2D eigenvalue weighted by molar-refractivity contribution is 5.48. The van der Waals surface area contributed by atoms with Gasteiger partial charge in [-0.05, 0) is 25.0 Å². The van der Waals surface area contributed by atoms with Gasteiger partial charge in [0.05, 0.1) is 0 Å². The fourth-order valence-electron chi connectivity index (χ4n) is 1.45. The van der Waals surface area contributed by atoms with Crippen LogP contribution < -0.4 is 5.73 Å². The SMILES string of the molecule is CC1=CC1Cc1ccccc1N. The predicted molar refractivity (Wildman–Crippen MR) is 51.8 cm³/mol. The Balaban J connectivity index is 2.08. The van der Waals surface area contributed by atoms with E-state index in [1.165, 1.54) is 11.1 Å². The standard InChI is InChI=1S/C11H13N/c1-8-6-10(8)7-9-4-2-3-5-11(9)12/h2-6,10H,7,12H2,1H3. The molecule has 1 unspecified atom stereocenters. The zero-order valence-corrected chi connectivity index (χ0v) is 7.25. The van der Waals surface area contributed by atoms with Crippen LogP contribution in [-0.4, -0.2) is 0 Å². The van der Waals surface area contributed by atoms with Gasteiger partial charge < -0.3 is 5.73 Å². The minimum absolute atomic E-state index is 0.690. The lowest BCUT2D eigenvalue weighted by atomic mass is 10.0. The summed E-state index contributed by atoms with van der Waals surface area (Å²) in [5.74, 6) is 0.690. The predicted octanol–water partition coefficient (Wildman–Crippen LogP) is 2.39. The molecule has 1 nitrogen and oxygen atoms in total. The van der Waals surface area contributed by atoms with Crippen molar-refractivity contribution in [3.05, 3.63) is 41.5 Å². The lowest BCUT2D eigenvalue weighted by Gasteiger charge is -2.03. The van der Waals surface area contributed by atoms with E-state index in [0.717, 1.165) is 12.1 Å². The van der Waals surface area contributed by atoms with Crippen molar-refractivity contribution in [3.63, 3.8) is 0 Å². The molecule has 0 aliphatic heterocycles. The highest BCUT2D eigenvalue weighted by Crippen LogP contribution is 2.32. The van der Waals surface area contributed by atoms with Crippen LogP contribution in [0.3, 0.4) is 0 Å². The highest BCUT2D eigenvalue weighted by atomic mass is 14.6. The van der Waals surface area contributed by atoms with Gasteiger partial charge in [-0.15, -0.1) is 0 Å².